The van der Waals surface area contributed by atoms with Gasteiger partial charge in [-0.1, -0.05) is 18.2 Å². The molecule has 0 amide bonds. The molecule has 1 aliphatic rings. The van der Waals surface area contributed by atoms with Crippen molar-refractivity contribution in [2.45, 2.75) is 20.3 Å². The molecule has 108 valence electrons. The number of anilines is 1. The molecule has 2 aromatic rings. The molecule has 0 bridgehead atoms. The van der Waals surface area contributed by atoms with Crippen LogP contribution in [0.3, 0.4) is 0 Å². The van der Waals surface area contributed by atoms with Crippen LogP contribution in [0.2, 0.25) is 0 Å². The molecule has 0 radical (unpaired) electrons. The lowest BCUT2D eigenvalue weighted by Gasteiger charge is -2.18. The molecule has 2 nitrogen and oxygen atoms in total. The van der Waals surface area contributed by atoms with E-state index in [4.69, 9.17) is 0 Å². The standard InChI is InChI=1S/C18H18FNO/c1-12-3-4-15(9-13(12)2)18(21)11-20-8-7-14-5-6-16(19)10-17(14)20/h3-6,9-10H,7-8,11H2,1-2H3. The smallest absolute Gasteiger partial charge is 0.182 e. The van der Waals surface area contributed by atoms with Gasteiger partial charge in [0.1, 0.15) is 5.82 Å². The second-order valence-corrected chi connectivity index (χ2v) is 5.67. The zero-order chi connectivity index (χ0) is 15.0. The third-order valence-electron chi connectivity index (χ3n) is 4.20. The minimum atomic E-state index is -0.251. The van der Waals surface area contributed by atoms with Crippen molar-refractivity contribution in [3.8, 4) is 0 Å². The summed E-state index contributed by atoms with van der Waals surface area (Å²) in [6, 6.07) is 10.6. The van der Waals surface area contributed by atoms with Gasteiger partial charge in [0.2, 0.25) is 0 Å². The summed E-state index contributed by atoms with van der Waals surface area (Å²) in [6.07, 6.45) is 0.871. The predicted octanol–water partition coefficient (Wildman–Crippen LogP) is 3.69. The Bertz CT molecular complexity index is 708. The van der Waals surface area contributed by atoms with Crippen molar-refractivity contribution >= 4 is 11.5 Å². The van der Waals surface area contributed by atoms with Crippen LogP contribution in [-0.2, 0) is 6.42 Å². The molecule has 0 aromatic heterocycles. The molecule has 3 rings (SSSR count). The molecule has 0 unspecified atom stereocenters. The van der Waals surface area contributed by atoms with E-state index in [2.05, 4.69) is 0 Å². The molecule has 3 heteroatoms. The third-order valence-corrected chi connectivity index (χ3v) is 4.20. The average molecular weight is 283 g/mol. The molecule has 0 saturated carbocycles. The van der Waals surface area contributed by atoms with Crippen LogP contribution in [0.1, 0.15) is 27.0 Å². The summed E-state index contributed by atoms with van der Waals surface area (Å²) < 4.78 is 13.4. The Kier molecular flexibility index (Phi) is 3.50. The van der Waals surface area contributed by atoms with Gasteiger partial charge in [-0.15, -0.1) is 0 Å². The Morgan fingerprint density at radius 1 is 1.14 bits per heavy atom. The fraction of sp³-hybridized carbons (Fsp3) is 0.278. The first kappa shape index (κ1) is 13.8. The first-order valence-electron chi connectivity index (χ1n) is 7.18. The van der Waals surface area contributed by atoms with E-state index in [9.17, 15) is 9.18 Å². The summed E-state index contributed by atoms with van der Waals surface area (Å²) >= 11 is 0. The number of carbonyl (C=O) groups is 1. The summed E-state index contributed by atoms with van der Waals surface area (Å²) in [6.45, 7) is 5.12. The molecule has 0 spiro atoms. The number of halogens is 1. The van der Waals surface area contributed by atoms with Crippen LogP contribution in [0.25, 0.3) is 0 Å². The molecule has 2 aromatic carbocycles. The maximum absolute atomic E-state index is 13.4. The average Bonchev–Trinajstić information content (AvgIpc) is 2.84. The van der Waals surface area contributed by atoms with Crippen molar-refractivity contribution in [3.05, 3.63) is 64.5 Å². The fourth-order valence-electron chi connectivity index (χ4n) is 2.76. The lowest BCUT2D eigenvalue weighted by Crippen LogP contribution is -2.28. The van der Waals surface area contributed by atoms with E-state index in [-0.39, 0.29) is 11.6 Å². The number of fused-ring (bicyclic) bond motifs is 1. The Balaban J connectivity index is 1.80. The molecule has 0 atom stereocenters. The van der Waals surface area contributed by atoms with Crippen molar-refractivity contribution in [2.75, 3.05) is 18.0 Å². The van der Waals surface area contributed by atoms with Crippen LogP contribution in [0.5, 0.6) is 0 Å². The summed E-state index contributed by atoms with van der Waals surface area (Å²) in [5.41, 5.74) is 4.99. The lowest BCUT2D eigenvalue weighted by atomic mass is 10.0. The highest BCUT2D eigenvalue weighted by Crippen LogP contribution is 2.28. The highest BCUT2D eigenvalue weighted by atomic mass is 19.1. The van der Waals surface area contributed by atoms with Gasteiger partial charge in [0, 0.05) is 17.8 Å². The van der Waals surface area contributed by atoms with Gasteiger partial charge in [0.15, 0.2) is 5.78 Å². The van der Waals surface area contributed by atoms with Crippen LogP contribution in [0, 0.1) is 19.7 Å². The molecule has 0 saturated heterocycles. The second-order valence-electron chi connectivity index (χ2n) is 5.67. The van der Waals surface area contributed by atoms with Gasteiger partial charge < -0.3 is 4.90 Å². The van der Waals surface area contributed by atoms with Gasteiger partial charge in [0.25, 0.3) is 0 Å². The molecule has 0 fully saturated rings. The minimum Gasteiger partial charge on any atom is -0.363 e. The van der Waals surface area contributed by atoms with E-state index < -0.39 is 0 Å². The van der Waals surface area contributed by atoms with Crippen molar-refractivity contribution in [2.24, 2.45) is 0 Å². The topological polar surface area (TPSA) is 20.3 Å². The van der Waals surface area contributed by atoms with E-state index in [0.717, 1.165) is 35.3 Å². The number of carbonyl (C=O) groups excluding carboxylic acids is 1. The zero-order valence-corrected chi connectivity index (χ0v) is 12.3. The first-order valence-corrected chi connectivity index (χ1v) is 7.18. The number of nitrogens with zero attached hydrogens (tertiary/aromatic N) is 1. The molecule has 0 N–H and O–H groups in total. The summed E-state index contributed by atoms with van der Waals surface area (Å²) in [5, 5.41) is 0. The quantitative estimate of drug-likeness (QED) is 0.801. The number of Topliss-reactive ketones (excluding diaryl/α,β-unsaturated/α-hetero) is 1. The number of rotatable bonds is 3. The first-order chi connectivity index (χ1) is 10.0. The van der Waals surface area contributed by atoms with E-state index in [1.165, 1.54) is 17.7 Å². The maximum Gasteiger partial charge on any atom is 0.182 e. The molecule has 1 heterocycles. The van der Waals surface area contributed by atoms with Crippen molar-refractivity contribution in [1.82, 2.24) is 0 Å². The van der Waals surface area contributed by atoms with Crippen LogP contribution < -0.4 is 4.90 Å². The summed E-state index contributed by atoms with van der Waals surface area (Å²) in [7, 11) is 0. The van der Waals surface area contributed by atoms with Crippen LogP contribution in [0.15, 0.2) is 36.4 Å². The number of hydrogen-bond donors (Lipinski definition) is 0. The fourth-order valence-corrected chi connectivity index (χ4v) is 2.76. The van der Waals surface area contributed by atoms with Crippen molar-refractivity contribution < 1.29 is 9.18 Å². The molecular weight excluding hydrogens is 265 g/mol. The van der Waals surface area contributed by atoms with Gasteiger partial charge in [-0.3, -0.25) is 4.79 Å². The Morgan fingerprint density at radius 2 is 1.95 bits per heavy atom. The van der Waals surface area contributed by atoms with Gasteiger partial charge >= 0.3 is 0 Å². The van der Waals surface area contributed by atoms with Gasteiger partial charge in [0.05, 0.1) is 6.54 Å². The van der Waals surface area contributed by atoms with E-state index in [0.29, 0.717) is 6.54 Å². The van der Waals surface area contributed by atoms with E-state index in [1.54, 1.807) is 0 Å². The van der Waals surface area contributed by atoms with Gasteiger partial charge in [-0.2, -0.15) is 0 Å². The number of aryl methyl sites for hydroxylation is 2. The Hall–Kier alpha value is -2.16. The predicted molar refractivity (Wildman–Crippen MR) is 82.6 cm³/mol. The van der Waals surface area contributed by atoms with Crippen LogP contribution in [0.4, 0.5) is 10.1 Å². The highest BCUT2D eigenvalue weighted by Gasteiger charge is 2.22. The van der Waals surface area contributed by atoms with Crippen molar-refractivity contribution in [1.29, 1.82) is 0 Å². The summed E-state index contributed by atoms with van der Waals surface area (Å²) in [5.74, 6) is -0.172. The lowest BCUT2D eigenvalue weighted by molar-refractivity contribution is 0.0999. The number of benzene rings is 2. The molecule has 0 aliphatic carbocycles. The Morgan fingerprint density at radius 3 is 2.71 bits per heavy atom. The zero-order valence-electron chi connectivity index (χ0n) is 12.3. The molecular formula is C18H18FNO. The van der Waals surface area contributed by atoms with E-state index in [1.807, 2.05) is 43.0 Å². The van der Waals surface area contributed by atoms with Crippen LogP contribution in [-0.4, -0.2) is 18.9 Å². The normalized spacial score (nSPS) is 13.4. The molecule has 1 aliphatic heterocycles. The monoisotopic (exact) mass is 283 g/mol. The van der Waals surface area contributed by atoms with Gasteiger partial charge in [-0.25, -0.2) is 4.39 Å². The molecule has 21 heavy (non-hydrogen) atoms. The minimum absolute atomic E-state index is 0.0789. The Labute approximate surface area is 124 Å². The van der Waals surface area contributed by atoms with Crippen molar-refractivity contribution in [3.63, 3.8) is 0 Å². The highest BCUT2D eigenvalue weighted by molar-refractivity contribution is 5.99. The largest absolute Gasteiger partial charge is 0.363 e. The number of hydrogen-bond acceptors (Lipinski definition) is 2. The second kappa shape index (κ2) is 5.32. The maximum atomic E-state index is 13.4. The summed E-state index contributed by atoms with van der Waals surface area (Å²) in [4.78, 5) is 14.4. The van der Waals surface area contributed by atoms with Crippen LogP contribution >= 0.6 is 0 Å². The van der Waals surface area contributed by atoms with Gasteiger partial charge in [-0.05, 0) is 55.2 Å². The van der Waals surface area contributed by atoms with E-state index >= 15 is 0 Å². The third kappa shape index (κ3) is 2.68. The SMILES string of the molecule is Cc1ccc(C(=O)CN2CCc3ccc(F)cc32)cc1C. The number of ketones is 1.